The molecule has 0 spiro atoms. The molecule has 1 N–H and O–H groups in total. The summed E-state index contributed by atoms with van der Waals surface area (Å²) < 4.78 is 1.09. The number of hydrogen-bond acceptors (Lipinski definition) is 4. The summed E-state index contributed by atoms with van der Waals surface area (Å²) in [5.74, 6) is 2.57. The normalized spacial score (nSPS) is 10.5. The van der Waals surface area contributed by atoms with Gasteiger partial charge in [0.05, 0.1) is 15.0 Å². The van der Waals surface area contributed by atoms with Crippen molar-refractivity contribution in [3.8, 4) is 0 Å². The molecule has 1 aromatic carbocycles. The van der Waals surface area contributed by atoms with Crippen LogP contribution in [0.3, 0.4) is 0 Å². The topological polar surface area (TPSA) is 37.8 Å². The van der Waals surface area contributed by atoms with Gasteiger partial charge in [-0.15, -0.1) is 11.8 Å². The van der Waals surface area contributed by atoms with Crippen LogP contribution in [0.15, 0.2) is 29.2 Å². The Bertz CT molecular complexity index is 570. The fourth-order valence-electron chi connectivity index (χ4n) is 1.63. The van der Waals surface area contributed by atoms with Gasteiger partial charge in [0.1, 0.15) is 11.6 Å². The molecule has 19 heavy (non-hydrogen) atoms. The van der Waals surface area contributed by atoms with Gasteiger partial charge in [0.2, 0.25) is 0 Å². The van der Waals surface area contributed by atoms with Crippen LogP contribution in [0.25, 0.3) is 0 Å². The van der Waals surface area contributed by atoms with E-state index in [0.29, 0.717) is 0 Å². The monoisotopic (exact) mass is 385 g/mol. The van der Waals surface area contributed by atoms with Crippen molar-refractivity contribution >= 4 is 40.2 Å². The lowest BCUT2D eigenvalue weighted by Gasteiger charge is -2.08. The van der Waals surface area contributed by atoms with E-state index in [4.69, 9.17) is 0 Å². The van der Waals surface area contributed by atoms with Gasteiger partial charge in [-0.2, -0.15) is 0 Å². The number of aromatic nitrogens is 2. The number of anilines is 1. The van der Waals surface area contributed by atoms with E-state index >= 15 is 0 Å². The number of aryl methyl sites for hydroxylation is 2. The summed E-state index contributed by atoms with van der Waals surface area (Å²) in [5.41, 5.74) is 2.31. The minimum absolute atomic E-state index is 0.787. The Hall–Kier alpha value is -0.820. The molecule has 0 aliphatic rings. The van der Waals surface area contributed by atoms with Crippen molar-refractivity contribution in [3.63, 3.8) is 0 Å². The molecule has 2 aromatic rings. The average Bonchev–Trinajstić information content (AvgIpc) is 2.41. The highest BCUT2D eigenvalue weighted by Gasteiger charge is 2.08. The van der Waals surface area contributed by atoms with Crippen molar-refractivity contribution < 1.29 is 0 Å². The summed E-state index contributed by atoms with van der Waals surface area (Å²) in [6, 6.07) is 8.53. The first-order valence-corrected chi connectivity index (χ1v) is 8.07. The van der Waals surface area contributed by atoms with E-state index in [-0.39, 0.29) is 0 Å². The molecule has 5 heteroatoms. The molecule has 3 nitrogen and oxygen atoms in total. The summed E-state index contributed by atoms with van der Waals surface area (Å²) in [6.07, 6.45) is 0. The number of nitrogens with one attached hydrogen (secondary N) is 1. The van der Waals surface area contributed by atoms with Crippen LogP contribution >= 0.6 is 34.4 Å². The van der Waals surface area contributed by atoms with Gasteiger partial charge < -0.3 is 5.32 Å². The molecule has 0 saturated heterocycles. The third-order valence-electron chi connectivity index (χ3n) is 2.69. The maximum absolute atomic E-state index is 4.53. The standard InChI is InChI=1S/C14H16IN3S/c1-9-4-6-11(7-5-9)19-8-12-17-10(2)13(15)14(16-3)18-12/h4-7H,8H2,1-3H3,(H,16,17,18). The van der Waals surface area contributed by atoms with Crippen molar-refractivity contribution in [3.05, 3.63) is 44.9 Å². The van der Waals surface area contributed by atoms with Gasteiger partial charge in [0.15, 0.2) is 0 Å². The number of halogens is 1. The van der Waals surface area contributed by atoms with Crippen LogP contribution < -0.4 is 5.32 Å². The van der Waals surface area contributed by atoms with Crippen molar-refractivity contribution in [2.24, 2.45) is 0 Å². The van der Waals surface area contributed by atoms with Crippen molar-refractivity contribution in [2.75, 3.05) is 12.4 Å². The van der Waals surface area contributed by atoms with Gasteiger partial charge in [-0.05, 0) is 48.6 Å². The average molecular weight is 385 g/mol. The van der Waals surface area contributed by atoms with Gasteiger partial charge in [-0.3, -0.25) is 0 Å². The first-order chi connectivity index (χ1) is 9.10. The highest BCUT2D eigenvalue weighted by Crippen LogP contribution is 2.24. The molecule has 0 aliphatic heterocycles. The Morgan fingerprint density at radius 1 is 1.16 bits per heavy atom. The Labute approximate surface area is 131 Å². The van der Waals surface area contributed by atoms with Crippen molar-refractivity contribution in [1.82, 2.24) is 9.97 Å². The third-order valence-corrected chi connectivity index (χ3v) is 4.99. The predicted molar refractivity (Wildman–Crippen MR) is 89.8 cm³/mol. The van der Waals surface area contributed by atoms with Crippen LogP contribution in [0, 0.1) is 17.4 Å². The third kappa shape index (κ3) is 3.82. The van der Waals surface area contributed by atoms with Crippen LogP contribution in [0.4, 0.5) is 5.82 Å². The molecule has 1 aromatic heterocycles. The first-order valence-electron chi connectivity index (χ1n) is 6.00. The zero-order valence-electron chi connectivity index (χ0n) is 11.2. The molecule has 0 radical (unpaired) electrons. The molecule has 2 rings (SSSR count). The Balaban J connectivity index is 2.11. The van der Waals surface area contributed by atoms with Gasteiger partial charge in [-0.1, -0.05) is 17.7 Å². The molecule has 100 valence electrons. The van der Waals surface area contributed by atoms with Crippen molar-refractivity contribution in [1.29, 1.82) is 0 Å². The second kappa shape index (κ2) is 6.56. The molecule has 0 bridgehead atoms. The first kappa shape index (κ1) is 14.6. The number of benzene rings is 1. The minimum atomic E-state index is 0.787. The summed E-state index contributed by atoms with van der Waals surface area (Å²) in [6.45, 7) is 4.11. The molecule has 0 fully saturated rings. The van der Waals surface area contributed by atoms with E-state index < -0.39 is 0 Å². The molecule has 0 unspecified atom stereocenters. The van der Waals surface area contributed by atoms with E-state index in [1.807, 2.05) is 14.0 Å². The van der Waals surface area contributed by atoms with E-state index in [1.165, 1.54) is 10.5 Å². The second-order valence-corrected chi connectivity index (χ2v) is 6.37. The zero-order chi connectivity index (χ0) is 13.8. The van der Waals surface area contributed by atoms with Crippen LogP contribution in [-0.2, 0) is 5.75 Å². The van der Waals surface area contributed by atoms with Crippen LogP contribution in [-0.4, -0.2) is 17.0 Å². The zero-order valence-corrected chi connectivity index (χ0v) is 14.2. The minimum Gasteiger partial charge on any atom is -0.372 e. The maximum atomic E-state index is 4.53. The summed E-state index contributed by atoms with van der Waals surface area (Å²) in [7, 11) is 1.89. The summed E-state index contributed by atoms with van der Waals surface area (Å²) >= 11 is 4.03. The molecule has 0 amide bonds. The van der Waals surface area contributed by atoms with Gasteiger partial charge in [0, 0.05) is 11.9 Å². The van der Waals surface area contributed by atoms with Gasteiger partial charge in [0.25, 0.3) is 0 Å². The number of rotatable bonds is 4. The summed E-state index contributed by atoms with van der Waals surface area (Å²) in [4.78, 5) is 10.3. The lowest BCUT2D eigenvalue weighted by atomic mass is 10.2. The molecular formula is C14H16IN3S. The molecule has 1 heterocycles. The lowest BCUT2D eigenvalue weighted by Crippen LogP contribution is -2.04. The quantitative estimate of drug-likeness (QED) is 0.637. The van der Waals surface area contributed by atoms with Crippen LogP contribution in [0.5, 0.6) is 0 Å². The van der Waals surface area contributed by atoms with Crippen molar-refractivity contribution in [2.45, 2.75) is 24.5 Å². The molecule has 0 saturated carbocycles. The van der Waals surface area contributed by atoms with E-state index in [2.05, 4.69) is 69.1 Å². The fraction of sp³-hybridized carbons (Fsp3) is 0.286. The van der Waals surface area contributed by atoms with Crippen LogP contribution in [0.2, 0.25) is 0 Å². The van der Waals surface area contributed by atoms with E-state index in [1.54, 1.807) is 11.8 Å². The Morgan fingerprint density at radius 3 is 2.47 bits per heavy atom. The van der Waals surface area contributed by atoms with Crippen LogP contribution in [0.1, 0.15) is 17.1 Å². The van der Waals surface area contributed by atoms with Gasteiger partial charge in [-0.25, -0.2) is 9.97 Å². The predicted octanol–water partition coefficient (Wildman–Crippen LogP) is 4.03. The fourth-order valence-corrected chi connectivity index (χ4v) is 2.89. The lowest BCUT2D eigenvalue weighted by molar-refractivity contribution is 0.984. The SMILES string of the molecule is CNc1nc(CSc2ccc(C)cc2)nc(C)c1I. The Kier molecular flexibility index (Phi) is 5.04. The summed E-state index contributed by atoms with van der Waals surface area (Å²) in [5, 5.41) is 3.11. The van der Waals surface area contributed by atoms with E-state index in [9.17, 15) is 0 Å². The maximum Gasteiger partial charge on any atom is 0.143 e. The smallest absolute Gasteiger partial charge is 0.143 e. The second-order valence-electron chi connectivity index (χ2n) is 4.24. The largest absolute Gasteiger partial charge is 0.372 e. The van der Waals surface area contributed by atoms with Gasteiger partial charge >= 0.3 is 0 Å². The molecular weight excluding hydrogens is 369 g/mol. The van der Waals surface area contributed by atoms with E-state index in [0.717, 1.165) is 26.7 Å². The molecule has 0 atom stereocenters. The molecule has 0 aliphatic carbocycles. The Morgan fingerprint density at radius 2 is 1.84 bits per heavy atom. The highest BCUT2D eigenvalue weighted by atomic mass is 127. The number of hydrogen-bond donors (Lipinski definition) is 1. The number of nitrogens with zero attached hydrogens (tertiary/aromatic N) is 2. The number of thioether (sulfide) groups is 1. The highest BCUT2D eigenvalue weighted by molar-refractivity contribution is 14.1.